The number of carbonyl (C=O) groups excluding carboxylic acids is 1. The zero-order chi connectivity index (χ0) is 15.7. The fraction of sp³-hybridized carbons (Fsp3) is 0.588. The van der Waals surface area contributed by atoms with Gasteiger partial charge in [-0.2, -0.15) is 0 Å². The fourth-order valence-corrected chi connectivity index (χ4v) is 2.01. The van der Waals surface area contributed by atoms with Crippen LogP contribution < -0.4 is 15.4 Å². The van der Waals surface area contributed by atoms with Crippen LogP contribution in [0.3, 0.4) is 0 Å². The van der Waals surface area contributed by atoms with E-state index in [-0.39, 0.29) is 12.5 Å². The van der Waals surface area contributed by atoms with Gasteiger partial charge in [0, 0.05) is 18.7 Å². The van der Waals surface area contributed by atoms with Gasteiger partial charge in [-0.05, 0) is 31.4 Å². The van der Waals surface area contributed by atoms with Crippen molar-refractivity contribution in [2.45, 2.75) is 40.7 Å². The molecule has 0 aliphatic rings. The van der Waals surface area contributed by atoms with Gasteiger partial charge in [0.1, 0.15) is 5.75 Å². The van der Waals surface area contributed by atoms with E-state index in [1.165, 1.54) is 0 Å². The molecule has 0 atom stereocenters. The quantitative estimate of drug-likeness (QED) is 0.735. The third-order valence-corrected chi connectivity index (χ3v) is 3.25. The van der Waals surface area contributed by atoms with Crippen molar-refractivity contribution in [2.75, 3.05) is 19.7 Å². The van der Waals surface area contributed by atoms with Crippen molar-refractivity contribution in [2.24, 2.45) is 5.92 Å². The van der Waals surface area contributed by atoms with Gasteiger partial charge in [-0.15, -0.1) is 0 Å². The molecule has 1 rings (SSSR count). The number of ether oxygens (including phenoxy) is 1. The summed E-state index contributed by atoms with van der Waals surface area (Å²) in [6.07, 6.45) is 0.988. The summed E-state index contributed by atoms with van der Waals surface area (Å²) in [6, 6.07) is 6.04. The largest absolute Gasteiger partial charge is 0.483 e. The highest BCUT2D eigenvalue weighted by atomic mass is 16.5. The highest BCUT2D eigenvalue weighted by Gasteiger charge is 2.09. The van der Waals surface area contributed by atoms with Crippen molar-refractivity contribution in [3.05, 3.63) is 29.3 Å². The number of benzene rings is 1. The van der Waals surface area contributed by atoms with Crippen molar-refractivity contribution in [3.8, 4) is 5.75 Å². The molecule has 0 saturated heterocycles. The third kappa shape index (κ3) is 6.63. The molecule has 118 valence electrons. The molecular formula is C17H28N2O2. The molecule has 0 unspecified atom stereocenters. The first-order valence-corrected chi connectivity index (χ1v) is 7.73. The second-order valence-electron chi connectivity index (χ2n) is 5.66. The number of hydrogen-bond donors (Lipinski definition) is 2. The van der Waals surface area contributed by atoms with E-state index in [0.29, 0.717) is 12.5 Å². The molecule has 1 aromatic rings. The highest BCUT2D eigenvalue weighted by Crippen LogP contribution is 2.23. The molecule has 0 heterocycles. The van der Waals surface area contributed by atoms with Crippen LogP contribution >= 0.6 is 0 Å². The monoisotopic (exact) mass is 292 g/mol. The van der Waals surface area contributed by atoms with E-state index in [9.17, 15) is 4.79 Å². The number of hydrogen-bond acceptors (Lipinski definition) is 3. The number of carbonyl (C=O) groups is 1. The Kier molecular flexibility index (Phi) is 7.83. The minimum atomic E-state index is -0.0618. The molecule has 0 aliphatic carbocycles. The van der Waals surface area contributed by atoms with Crippen LogP contribution in [0.15, 0.2) is 18.2 Å². The minimum absolute atomic E-state index is 0.0618. The average Bonchev–Trinajstić information content (AvgIpc) is 2.43. The molecule has 1 aromatic carbocycles. The van der Waals surface area contributed by atoms with Crippen LogP contribution in [-0.4, -0.2) is 25.6 Å². The molecule has 1 amide bonds. The maximum absolute atomic E-state index is 11.8. The molecule has 4 nitrogen and oxygen atoms in total. The molecule has 0 bridgehead atoms. The molecular weight excluding hydrogens is 264 g/mol. The summed E-state index contributed by atoms with van der Waals surface area (Å²) in [6.45, 7) is 10.8. The number of para-hydroxylation sites is 1. The maximum Gasteiger partial charge on any atom is 0.257 e. The summed E-state index contributed by atoms with van der Waals surface area (Å²) >= 11 is 0. The van der Waals surface area contributed by atoms with E-state index < -0.39 is 0 Å². The van der Waals surface area contributed by atoms with Crippen LogP contribution in [0.4, 0.5) is 0 Å². The zero-order valence-corrected chi connectivity index (χ0v) is 13.7. The van der Waals surface area contributed by atoms with Gasteiger partial charge in [0.25, 0.3) is 5.91 Å². The maximum atomic E-state index is 11.8. The minimum Gasteiger partial charge on any atom is -0.483 e. The zero-order valence-electron chi connectivity index (χ0n) is 13.7. The summed E-state index contributed by atoms with van der Waals surface area (Å²) in [5.41, 5.74) is 2.15. The van der Waals surface area contributed by atoms with Gasteiger partial charge < -0.3 is 15.4 Å². The molecule has 0 saturated carbocycles. The highest BCUT2D eigenvalue weighted by molar-refractivity contribution is 5.77. The van der Waals surface area contributed by atoms with Crippen LogP contribution in [0.2, 0.25) is 0 Å². The molecule has 4 heteroatoms. The standard InChI is InChI=1S/C17H28N2O2/c1-5-18-11-15-8-6-7-14(4)17(15)21-12-16(20)19-10-9-13(2)3/h6-8,13,18H,5,9-12H2,1-4H3,(H,19,20). The Morgan fingerprint density at radius 3 is 2.76 bits per heavy atom. The summed E-state index contributed by atoms with van der Waals surface area (Å²) in [4.78, 5) is 11.8. The lowest BCUT2D eigenvalue weighted by molar-refractivity contribution is -0.123. The number of amides is 1. The Hall–Kier alpha value is -1.55. The summed E-state index contributed by atoms with van der Waals surface area (Å²) < 4.78 is 5.73. The van der Waals surface area contributed by atoms with Crippen molar-refractivity contribution < 1.29 is 9.53 Å². The number of rotatable bonds is 9. The first kappa shape index (κ1) is 17.5. The first-order valence-electron chi connectivity index (χ1n) is 7.73. The lowest BCUT2D eigenvalue weighted by atomic mass is 10.1. The lowest BCUT2D eigenvalue weighted by Crippen LogP contribution is -2.30. The predicted octanol–water partition coefficient (Wildman–Crippen LogP) is 2.65. The molecule has 0 fully saturated rings. The van der Waals surface area contributed by atoms with Crippen molar-refractivity contribution in [1.29, 1.82) is 0 Å². The van der Waals surface area contributed by atoms with E-state index in [4.69, 9.17) is 4.74 Å². The van der Waals surface area contributed by atoms with E-state index in [2.05, 4.69) is 31.4 Å². The SMILES string of the molecule is CCNCc1cccc(C)c1OCC(=O)NCCC(C)C. The molecule has 21 heavy (non-hydrogen) atoms. The Morgan fingerprint density at radius 2 is 2.10 bits per heavy atom. The molecule has 2 N–H and O–H groups in total. The molecule has 0 aromatic heterocycles. The van der Waals surface area contributed by atoms with Gasteiger partial charge in [-0.1, -0.05) is 39.0 Å². The first-order chi connectivity index (χ1) is 10.0. The topological polar surface area (TPSA) is 50.4 Å². The Labute approximate surface area is 128 Å². The van der Waals surface area contributed by atoms with Crippen molar-refractivity contribution in [3.63, 3.8) is 0 Å². The van der Waals surface area contributed by atoms with Crippen LogP contribution in [0.5, 0.6) is 5.75 Å². The van der Waals surface area contributed by atoms with Crippen molar-refractivity contribution in [1.82, 2.24) is 10.6 Å². The van der Waals surface area contributed by atoms with Gasteiger partial charge in [-0.25, -0.2) is 0 Å². The molecule has 0 spiro atoms. The summed E-state index contributed by atoms with van der Waals surface area (Å²) in [5.74, 6) is 1.35. The van der Waals surface area contributed by atoms with Crippen LogP contribution in [-0.2, 0) is 11.3 Å². The average molecular weight is 292 g/mol. The smallest absolute Gasteiger partial charge is 0.257 e. The Morgan fingerprint density at radius 1 is 1.33 bits per heavy atom. The molecule has 0 aliphatic heterocycles. The number of aryl methyl sites for hydroxylation is 1. The van der Waals surface area contributed by atoms with Crippen LogP contribution in [0.25, 0.3) is 0 Å². The second kappa shape index (κ2) is 9.40. The Balaban J connectivity index is 2.51. The van der Waals surface area contributed by atoms with Gasteiger partial charge in [0.15, 0.2) is 6.61 Å². The lowest BCUT2D eigenvalue weighted by Gasteiger charge is -2.14. The molecule has 0 radical (unpaired) electrons. The second-order valence-corrected chi connectivity index (χ2v) is 5.66. The van der Waals surface area contributed by atoms with E-state index in [1.807, 2.05) is 25.1 Å². The van der Waals surface area contributed by atoms with Gasteiger partial charge in [0.2, 0.25) is 0 Å². The van der Waals surface area contributed by atoms with Gasteiger partial charge >= 0.3 is 0 Å². The van der Waals surface area contributed by atoms with Crippen LogP contribution in [0.1, 0.15) is 38.3 Å². The van der Waals surface area contributed by atoms with Crippen molar-refractivity contribution >= 4 is 5.91 Å². The van der Waals surface area contributed by atoms with Crippen LogP contribution in [0, 0.1) is 12.8 Å². The summed E-state index contributed by atoms with van der Waals surface area (Å²) in [5, 5.41) is 6.17. The van der Waals surface area contributed by atoms with Gasteiger partial charge in [0.05, 0.1) is 0 Å². The fourth-order valence-electron chi connectivity index (χ4n) is 2.01. The van der Waals surface area contributed by atoms with E-state index in [0.717, 1.165) is 36.4 Å². The Bertz CT molecular complexity index is 444. The summed E-state index contributed by atoms with van der Waals surface area (Å²) in [7, 11) is 0. The van der Waals surface area contributed by atoms with Gasteiger partial charge in [-0.3, -0.25) is 4.79 Å². The third-order valence-electron chi connectivity index (χ3n) is 3.25. The number of nitrogens with one attached hydrogen (secondary N) is 2. The van der Waals surface area contributed by atoms with E-state index >= 15 is 0 Å². The predicted molar refractivity (Wildman–Crippen MR) is 86.5 cm³/mol. The van der Waals surface area contributed by atoms with E-state index in [1.54, 1.807) is 0 Å². The normalized spacial score (nSPS) is 10.7.